The molecule has 0 saturated heterocycles. The minimum atomic E-state index is -0.747. The van der Waals surface area contributed by atoms with Gasteiger partial charge in [-0.25, -0.2) is 0 Å². The lowest BCUT2D eigenvalue weighted by molar-refractivity contribution is -0.126. The van der Waals surface area contributed by atoms with Crippen LogP contribution in [0.1, 0.15) is 37.8 Å². The number of fused-ring (bicyclic) bond motifs is 1. The van der Waals surface area contributed by atoms with Gasteiger partial charge in [0.15, 0.2) is 0 Å². The van der Waals surface area contributed by atoms with Crippen LogP contribution < -0.4 is 11.1 Å². The van der Waals surface area contributed by atoms with Crippen molar-refractivity contribution in [1.82, 2.24) is 10.2 Å². The van der Waals surface area contributed by atoms with Crippen molar-refractivity contribution in [3.05, 3.63) is 35.4 Å². The number of rotatable bonds is 6. The van der Waals surface area contributed by atoms with Crippen LogP contribution in [0.2, 0.25) is 0 Å². The Balaban J connectivity index is 1.76. The maximum absolute atomic E-state index is 12.0. The molecule has 1 amide bonds. The van der Waals surface area contributed by atoms with Crippen LogP contribution >= 0.6 is 0 Å². The van der Waals surface area contributed by atoms with E-state index in [4.69, 9.17) is 5.73 Å². The minimum Gasteiger partial charge on any atom is -0.353 e. The van der Waals surface area contributed by atoms with Crippen molar-refractivity contribution in [2.45, 2.75) is 45.2 Å². The summed E-state index contributed by atoms with van der Waals surface area (Å²) >= 11 is 0. The standard InChI is InChI=1S/C17H27N3O/c1-3-9-17(2,18)16(21)19-10-12-20-11-8-14-6-4-5-7-15(14)13-20/h4-7H,3,8-13,18H2,1-2H3,(H,19,21). The molecular weight excluding hydrogens is 262 g/mol. The van der Waals surface area contributed by atoms with Gasteiger partial charge in [0, 0.05) is 26.2 Å². The third-order valence-corrected chi connectivity index (χ3v) is 4.21. The largest absolute Gasteiger partial charge is 0.353 e. The van der Waals surface area contributed by atoms with E-state index in [1.165, 1.54) is 11.1 Å². The summed E-state index contributed by atoms with van der Waals surface area (Å²) in [7, 11) is 0. The topological polar surface area (TPSA) is 58.4 Å². The second kappa shape index (κ2) is 7.05. The number of benzene rings is 1. The van der Waals surface area contributed by atoms with Gasteiger partial charge in [0.1, 0.15) is 0 Å². The third-order valence-electron chi connectivity index (χ3n) is 4.21. The maximum Gasteiger partial charge on any atom is 0.239 e. The Hall–Kier alpha value is -1.39. The molecule has 21 heavy (non-hydrogen) atoms. The maximum atomic E-state index is 12.0. The molecule has 2 rings (SSSR count). The number of nitrogens with two attached hydrogens (primary N) is 1. The van der Waals surface area contributed by atoms with Crippen molar-refractivity contribution in [3.63, 3.8) is 0 Å². The highest BCUT2D eigenvalue weighted by atomic mass is 16.2. The highest BCUT2D eigenvalue weighted by Gasteiger charge is 2.26. The van der Waals surface area contributed by atoms with Crippen molar-refractivity contribution in [3.8, 4) is 0 Å². The second-order valence-electron chi connectivity index (χ2n) is 6.22. The molecule has 4 nitrogen and oxygen atoms in total. The zero-order valence-corrected chi connectivity index (χ0v) is 13.2. The molecule has 0 bridgehead atoms. The summed E-state index contributed by atoms with van der Waals surface area (Å²) in [6.07, 6.45) is 2.73. The molecule has 4 heteroatoms. The Morgan fingerprint density at radius 2 is 2.10 bits per heavy atom. The lowest BCUT2D eigenvalue weighted by Crippen LogP contribution is -2.52. The molecule has 1 aliphatic heterocycles. The highest BCUT2D eigenvalue weighted by Crippen LogP contribution is 2.17. The quantitative estimate of drug-likeness (QED) is 0.837. The van der Waals surface area contributed by atoms with E-state index in [0.29, 0.717) is 6.54 Å². The van der Waals surface area contributed by atoms with Crippen molar-refractivity contribution < 1.29 is 4.79 Å². The van der Waals surface area contributed by atoms with E-state index in [0.717, 1.165) is 38.9 Å². The van der Waals surface area contributed by atoms with Crippen LogP contribution in [0, 0.1) is 0 Å². The van der Waals surface area contributed by atoms with Gasteiger partial charge in [-0.2, -0.15) is 0 Å². The van der Waals surface area contributed by atoms with E-state index in [-0.39, 0.29) is 5.91 Å². The van der Waals surface area contributed by atoms with Crippen molar-refractivity contribution in [2.75, 3.05) is 19.6 Å². The highest BCUT2D eigenvalue weighted by molar-refractivity contribution is 5.85. The van der Waals surface area contributed by atoms with Crippen LogP contribution in [-0.4, -0.2) is 36.0 Å². The molecule has 0 radical (unpaired) electrons. The van der Waals surface area contributed by atoms with Crippen LogP contribution in [0.3, 0.4) is 0 Å². The summed E-state index contributed by atoms with van der Waals surface area (Å²) in [6.45, 7) is 7.43. The summed E-state index contributed by atoms with van der Waals surface area (Å²) < 4.78 is 0. The molecule has 0 aromatic heterocycles. The van der Waals surface area contributed by atoms with Crippen molar-refractivity contribution >= 4 is 5.91 Å². The van der Waals surface area contributed by atoms with E-state index in [1.54, 1.807) is 0 Å². The first-order chi connectivity index (χ1) is 10.0. The Labute approximate surface area is 127 Å². The Morgan fingerprint density at radius 3 is 2.81 bits per heavy atom. The average molecular weight is 289 g/mol. The van der Waals surface area contributed by atoms with Crippen LogP contribution in [0.15, 0.2) is 24.3 Å². The van der Waals surface area contributed by atoms with E-state index >= 15 is 0 Å². The predicted octanol–water partition coefficient (Wildman–Crippen LogP) is 1.68. The molecule has 3 N–H and O–H groups in total. The second-order valence-corrected chi connectivity index (χ2v) is 6.22. The number of nitrogens with one attached hydrogen (secondary N) is 1. The first kappa shape index (κ1) is 16.0. The van der Waals surface area contributed by atoms with Crippen molar-refractivity contribution in [1.29, 1.82) is 0 Å². The lowest BCUT2D eigenvalue weighted by Gasteiger charge is -2.29. The van der Waals surface area contributed by atoms with Crippen molar-refractivity contribution in [2.24, 2.45) is 5.73 Å². The van der Waals surface area contributed by atoms with Gasteiger partial charge < -0.3 is 11.1 Å². The van der Waals surface area contributed by atoms with E-state index in [1.807, 2.05) is 13.8 Å². The van der Waals surface area contributed by atoms with Crippen LogP contribution in [-0.2, 0) is 17.8 Å². The van der Waals surface area contributed by atoms with Gasteiger partial charge in [0.2, 0.25) is 5.91 Å². The fraction of sp³-hybridized carbons (Fsp3) is 0.588. The van der Waals surface area contributed by atoms with Gasteiger partial charge in [-0.3, -0.25) is 9.69 Å². The van der Waals surface area contributed by atoms with Gasteiger partial charge in [-0.1, -0.05) is 37.6 Å². The number of hydrogen-bond donors (Lipinski definition) is 2. The molecule has 1 aliphatic rings. The number of amides is 1. The van der Waals surface area contributed by atoms with E-state index < -0.39 is 5.54 Å². The van der Waals surface area contributed by atoms with Gasteiger partial charge in [0.05, 0.1) is 5.54 Å². The normalized spacial score (nSPS) is 17.9. The SMILES string of the molecule is CCCC(C)(N)C(=O)NCCN1CCc2ccccc2C1. The third kappa shape index (κ3) is 4.29. The first-order valence-corrected chi connectivity index (χ1v) is 7.89. The van der Waals surface area contributed by atoms with Crippen LogP contribution in [0.25, 0.3) is 0 Å². The summed E-state index contributed by atoms with van der Waals surface area (Å²) in [5.74, 6) is -0.0400. The van der Waals surface area contributed by atoms with Gasteiger partial charge in [-0.15, -0.1) is 0 Å². The van der Waals surface area contributed by atoms with Crippen LogP contribution in [0.4, 0.5) is 0 Å². The summed E-state index contributed by atoms with van der Waals surface area (Å²) in [5, 5.41) is 2.97. The monoisotopic (exact) mass is 289 g/mol. The zero-order chi connectivity index (χ0) is 15.3. The average Bonchev–Trinajstić information content (AvgIpc) is 2.47. The van der Waals surface area contributed by atoms with Crippen LogP contribution in [0.5, 0.6) is 0 Å². The number of nitrogens with zero attached hydrogens (tertiary/aromatic N) is 1. The lowest BCUT2D eigenvalue weighted by atomic mass is 9.96. The summed E-state index contributed by atoms with van der Waals surface area (Å²) in [6, 6.07) is 8.59. The fourth-order valence-electron chi connectivity index (χ4n) is 2.91. The van der Waals surface area contributed by atoms with E-state index in [9.17, 15) is 4.79 Å². The Bertz CT molecular complexity index is 485. The molecule has 0 saturated carbocycles. The molecule has 1 aromatic rings. The molecule has 0 fully saturated rings. The Morgan fingerprint density at radius 1 is 1.38 bits per heavy atom. The smallest absolute Gasteiger partial charge is 0.239 e. The fourth-order valence-corrected chi connectivity index (χ4v) is 2.91. The van der Waals surface area contributed by atoms with Gasteiger partial charge in [-0.05, 0) is 30.9 Å². The number of hydrogen-bond acceptors (Lipinski definition) is 3. The molecule has 0 aliphatic carbocycles. The molecule has 1 aromatic carbocycles. The molecule has 1 unspecified atom stereocenters. The Kier molecular flexibility index (Phi) is 5.37. The summed E-state index contributed by atoms with van der Waals surface area (Å²) in [5.41, 5.74) is 8.14. The number of carbonyl (C=O) groups excluding carboxylic acids is 1. The molecular formula is C17H27N3O. The zero-order valence-electron chi connectivity index (χ0n) is 13.2. The van der Waals surface area contributed by atoms with E-state index in [2.05, 4.69) is 34.5 Å². The molecule has 1 heterocycles. The number of carbonyl (C=O) groups is 1. The molecule has 1 atom stereocenters. The molecule has 0 spiro atoms. The molecule has 116 valence electrons. The minimum absolute atomic E-state index is 0.0400. The van der Waals surface area contributed by atoms with Gasteiger partial charge in [0.25, 0.3) is 0 Å². The predicted molar refractivity (Wildman–Crippen MR) is 85.9 cm³/mol. The first-order valence-electron chi connectivity index (χ1n) is 7.89. The summed E-state index contributed by atoms with van der Waals surface area (Å²) in [4.78, 5) is 14.4. The van der Waals surface area contributed by atoms with Gasteiger partial charge >= 0.3 is 0 Å².